The summed E-state index contributed by atoms with van der Waals surface area (Å²) >= 11 is 0. The molecule has 0 aliphatic rings. The van der Waals surface area contributed by atoms with E-state index in [1.165, 1.54) is 66.8 Å². The van der Waals surface area contributed by atoms with Crippen molar-refractivity contribution in [2.24, 2.45) is 5.92 Å². The molecule has 0 fully saturated rings. The molecule has 0 aromatic heterocycles. The van der Waals surface area contributed by atoms with Crippen LogP contribution in [0.3, 0.4) is 0 Å². The lowest BCUT2D eigenvalue weighted by atomic mass is 9.97. The third-order valence-electron chi connectivity index (χ3n) is 7.45. The second-order valence-corrected chi connectivity index (χ2v) is 11.2. The van der Waals surface area contributed by atoms with Gasteiger partial charge in [-0.3, -0.25) is 4.79 Å². The third-order valence-corrected chi connectivity index (χ3v) is 7.45. The Morgan fingerprint density at radius 3 is 1.83 bits per heavy atom. The molecule has 3 rings (SSSR count). The minimum atomic E-state index is -0.572. The van der Waals surface area contributed by atoms with Crippen molar-refractivity contribution in [1.29, 1.82) is 0 Å². The molecule has 0 saturated carbocycles. The Balaban J connectivity index is 1.48. The van der Waals surface area contributed by atoms with Gasteiger partial charge >= 0.3 is 5.97 Å². The number of aryl methyl sites for hydroxylation is 1. The smallest absolute Gasteiger partial charge is 0.303 e. The summed E-state index contributed by atoms with van der Waals surface area (Å²) in [5.41, 5.74) is 6.07. The maximum absolute atomic E-state index is 11.1. The normalized spacial score (nSPS) is 13.6. The molecular formula is C37H48O4. The fraction of sp³-hybridized carbons (Fsp3) is 0.432. The minimum absolute atomic E-state index is 0.203. The number of aliphatic hydroxyl groups excluding tert-OH is 1. The van der Waals surface area contributed by atoms with E-state index in [4.69, 9.17) is 9.47 Å². The molecule has 3 atom stereocenters. The van der Waals surface area contributed by atoms with E-state index >= 15 is 0 Å². The number of hydrogen-bond donors (Lipinski definition) is 1. The van der Waals surface area contributed by atoms with Gasteiger partial charge in [0.05, 0.1) is 12.7 Å². The number of unbranched alkanes of at least 4 members (excludes halogenated alkanes) is 4. The van der Waals surface area contributed by atoms with E-state index in [0.717, 1.165) is 25.0 Å². The summed E-state index contributed by atoms with van der Waals surface area (Å²) < 4.78 is 11.2. The number of aliphatic hydroxyl groups is 1. The molecule has 0 heterocycles. The molecule has 0 spiro atoms. The maximum Gasteiger partial charge on any atom is 0.303 e. The van der Waals surface area contributed by atoms with Crippen LogP contribution in [-0.2, 0) is 16.0 Å². The molecule has 0 aliphatic heterocycles. The quantitative estimate of drug-likeness (QED) is 0.102. The first-order valence-corrected chi connectivity index (χ1v) is 15.3. The zero-order chi connectivity index (χ0) is 29.5. The Kier molecular flexibility index (Phi) is 13.7. The molecule has 4 nitrogen and oxygen atoms in total. The summed E-state index contributed by atoms with van der Waals surface area (Å²) in [7, 11) is 0. The first-order chi connectivity index (χ1) is 19.9. The van der Waals surface area contributed by atoms with Gasteiger partial charge in [-0.15, -0.1) is 0 Å². The van der Waals surface area contributed by atoms with Crippen LogP contribution in [-0.4, -0.2) is 29.9 Å². The highest BCUT2D eigenvalue weighted by molar-refractivity contribution is 5.71. The van der Waals surface area contributed by atoms with Gasteiger partial charge in [0.15, 0.2) is 0 Å². The number of allylic oxidation sites excluding steroid dienone is 1. The summed E-state index contributed by atoms with van der Waals surface area (Å²) in [5.74, 6) is 0.869. The standard InChI is InChI=1S/C37H48O4/c1-5-6-7-8-9-10-29(3)40-36-25-22-35(23-26-36)34-20-18-33(19-21-34)32-16-14-31(15-17-32)13-11-28(2)12-24-37(27-38)41-30(4)39/h12,14-26,28-29,37-38H,5-11,13,27H2,1-4H3/b24-12-. The number of carbonyl (C=O) groups is 1. The fourth-order valence-electron chi connectivity index (χ4n) is 4.93. The number of esters is 1. The lowest BCUT2D eigenvalue weighted by molar-refractivity contribution is -0.145. The Morgan fingerprint density at radius 1 is 0.756 bits per heavy atom. The molecule has 220 valence electrons. The average Bonchev–Trinajstić information content (AvgIpc) is 2.98. The first-order valence-electron chi connectivity index (χ1n) is 15.3. The van der Waals surface area contributed by atoms with E-state index in [9.17, 15) is 9.90 Å². The van der Waals surface area contributed by atoms with E-state index in [2.05, 4.69) is 93.6 Å². The number of benzene rings is 3. The molecule has 0 amide bonds. The average molecular weight is 557 g/mol. The summed E-state index contributed by atoms with van der Waals surface area (Å²) in [6.45, 7) is 7.70. The van der Waals surface area contributed by atoms with Crippen molar-refractivity contribution in [1.82, 2.24) is 0 Å². The molecule has 3 unspecified atom stereocenters. The number of hydrogen-bond acceptors (Lipinski definition) is 4. The number of carbonyl (C=O) groups excluding carboxylic acids is 1. The van der Waals surface area contributed by atoms with Gasteiger partial charge in [0.2, 0.25) is 0 Å². The Hall–Kier alpha value is -3.37. The largest absolute Gasteiger partial charge is 0.491 e. The Morgan fingerprint density at radius 2 is 1.29 bits per heavy atom. The molecule has 0 aliphatic carbocycles. The van der Waals surface area contributed by atoms with Crippen molar-refractivity contribution >= 4 is 5.97 Å². The Labute approximate surface area is 247 Å². The SMILES string of the molecule is CCCCCCCC(C)Oc1ccc(-c2ccc(-c3ccc(CCC(C)/C=C\C(CO)OC(C)=O)cc3)cc2)cc1. The van der Waals surface area contributed by atoms with Crippen LogP contribution in [0.2, 0.25) is 0 Å². The van der Waals surface area contributed by atoms with Crippen LogP contribution in [0.1, 0.15) is 78.2 Å². The number of rotatable bonds is 17. The van der Waals surface area contributed by atoms with Crippen LogP contribution < -0.4 is 4.74 Å². The second kappa shape index (κ2) is 17.4. The molecule has 1 N–H and O–H groups in total. The van der Waals surface area contributed by atoms with Gasteiger partial charge in [-0.05, 0) is 84.6 Å². The van der Waals surface area contributed by atoms with Crippen LogP contribution in [0.25, 0.3) is 22.3 Å². The van der Waals surface area contributed by atoms with Crippen molar-refractivity contribution in [3.63, 3.8) is 0 Å². The van der Waals surface area contributed by atoms with Crippen molar-refractivity contribution in [2.75, 3.05) is 6.61 Å². The maximum atomic E-state index is 11.1. The first kappa shape index (κ1) is 32.1. The highest BCUT2D eigenvalue weighted by Gasteiger charge is 2.08. The summed E-state index contributed by atoms with van der Waals surface area (Å²) in [4.78, 5) is 11.1. The molecule has 0 bridgehead atoms. The molecule has 3 aromatic rings. The monoisotopic (exact) mass is 556 g/mol. The fourth-order valence-corrected chi connectivity index (χ4v) is 4.93. The van der Waals surface area contributed by atoms with Crippen LogP contribution in [0.15, 0.2) is 84.9 Å². The molecule has 0 saturated heterocycles. The summed E-state index contributed by atoms with van der Waals surface area (Å²) in [5, 5.41) is 9.33. The summed E-state index contributed by atoms with van der Waals surface area (Å²) in [6.07, 6.45) is 13.0. The van der Waals surface area contributed by atoms with Crippen LogP contribution in [0.4, 0.5) is 0 Å². The predicted octanol–water partition coefficient (Wildman–Crippen LogP) is 9.20. The van der Waals surface area contributed by atoms with Gasteiger partial charge in [0.1, 0.15) is 11.9 Å². The van der Waals surface area contributed by atoms with E-state index in [1.54, 1.807) is 6.08 Å². The molecular weight excluding hydrogens is 508 g/mol. The van der Waals surface area contributed by atoms with E-state index in [-0.39, 0.29) is 18.7 Å². The van der Waals surface area contributed by atoms with Gasteiger partial charge < -0.3 is 14.6 Å². The molecule has 41 heavy (non-hydrogen) atoms. The summed E-state index contributed by atoms with van der Waals surface area (Å²) in [6, 6.07) is 25.9. The second-order valence-electron chi connectivity index (χ2n) is 11.2. The van der Waals surface area contributed by atoms with Gasteiger partial charge in [0.25, 0.3) is 0 Å². The van der Waals surface area contributed by atoms with Crippen LogP contribution in [0, 0.1) is 5.92 Å². The van der Waals surface area contributed by atoms with Gasteiger partial charge in [-0.2, -0.15) is 0 Å². The van der Waals surface area contributed by atoms with E-state index < -0.39 is 6.10 Å². The topological polar surface area (TPSA) is 55.8 Å². The predicted molar refractivity (Wildman–Crippen MR) is 170 cm³/mol. The van der Waals surface area contributed by atoms with Gasteiger partial charge in [0, 0.05) is 6.92 Å². The van der Waals surface area contributed by atoms with Crippen molar-refractivity contribution in [3.8, 4) is 28.0 Å². The highest BCUT2D eigenvalue weighted by atomic mass is 16.5. The molecule has 4 heteroatoms. The van der Waals surface area contributed by atoms with E-state index in [0.29, 0.717) is 5.92 Å². The van der Waals surface area contributed by atoms with Crippen LogP contribution in [0.5, 0.6) is 5.75 Å². The number of ether oxygens (including phenoxy) is 2. The van der Waals surface area contributed by atoms with Crippen molar-refractivity contribution in [3.05, 3.63) is 90.5 Å². The van der Waals surface area contributed by atoms with Crippen molar-refractivity contribution in [2.45, 2.75) is 91.3 Å². The minimum Gasteiger partial charge on any atom is -0.491 e. The van der Waals surface area contributed by atoms with E-state index in [1.807, 2.05) is 6.08 Å². The van der Waals surface area contributed by atoms with Gasteiger partial charge in [-0.1, -0.05) is 106 Å². The van der Waals surface area contributed by atoms with Crippen LogP contribution >= 0.6 is 0 Å². The van der Waals surface area contributed by atoms with Crippen molar-refractivity contribution < 1.29 is 19.4 Å². The lowest BCUT2D eigenvalue weighted by Gasteiger charge is -2.15. The zero-order valence-corrected chi connectivity index (χ0v) is 25.4. The third kappa shape index (κ3) is 11.6. The molecule has 3 aromatic carbocycles. The lowest BCUT2D eigenvalue weighted by Crippen LogP contribution is -2.18. The highest BCUT2D eigenvalue weighted by Crippen LogP contribution is 2.27. The zero-order valence-electron chi connectivity index (χ0n) is 25.4. The van der Waals surface area contributed by atoms with Gasteiger partial charge in [-0.25, -0.2) is 0 Å². The Bertz CT molecular complexity index is 1180. The molecule has 0 radical (unpaired) electrons.